The van der Waals surface area contributed by atoms with Gasteiger partial charge in [-0.25, -0.2) is 14.6 Å². The monoisotopic (exact) mass is 494 g/mol. The van der Waals surface area contributed by atoms with E-state index in [2.05, 4.69) is 34.6 Å². The van der Waals surface area contributed by atoms with Crippen molar-refractivity contribution < 1.29 is 38.7 Å². The number of carbonyl (C=O) groups excluding carboxylic acids is 1. The molecule has 2 rings (SSSR count). The van der Waals surface area contributed by atoms with Crippen molar-refractivity contribution in [3.05, 3.63) is 29.3 Å². The minimum atomic E-state index is -1.19. The zero-order valence-corrected chi connectivity index (χ0v) is 22.5. The van der Waals surface area contributed by atoms with Crippen molar-refractivity contribution in [1.82, 2.24) is 0 Å². The van der Waals surface area contributed by atoms with Crippen LogP contribution in [-0.2, 0) is 24.0 Å². The summed E-state index contributed by atoms with van der Waals surface area (Å²) in [4.78, 5) is 35.8. The van der Waals surface area contributed by atoms with Crippen LogP contribution in [0.15, 0.2) is 18.2 Å². The maximum Gasteiger partial charge on any atom is 0.339 e. The highest BCUT2D eigenvalue weighted by molar-refractivity contribution is 5.92. The molecule has 0 radical (unpaired) electrons. The summed E-state index contributed by atoms with van der Waals surface area (Å²) in [6.45, 7) is 17.3. The Morgan fingerprint density at radius 3 is 2.20 bits per heavy atom. The van der Waals surface area contributed by atoms with Crippen LogP contribution < -0.4 is 4.74 Å². The van der Waals surface area contributed by atoms with E-state index in [9.17, 15) is 14.7 Å². The van der Waals surface area contributed by atoms with Crippen molar-refractivity contribution in [3.8, 4) is 5.75 Å². The van der Waals surface area contributed by atoms with E-state index < -0.39 is 35.7 Å². The predicted octanol–water partition coefficient (Wildman–Crippen LogP) is 6.29. The molecule has 1 aromatic rings. The fourth-order valence-electron chi connectivity index (χ4n) is 5.04. The predicted molar refractivity (Wildman–Crippen MR) is 131 cm³/mol. The summed E-state index contributed by atoms with van der Waals surface area (Å²) in [5.41, 5.74) is -0.552. The Balaban J connectivity index is 2.65. The van der Waals surface area contributed by atoms with Gasteiger partial charge < -0.3 is 19.3 Å². The third-order valence-corrected chi connectivity index (χ3v) is 6.88. The van der Waals surface area contributed by atoms with Gasteiger partial charge in [0.15, 0.2) is 23.4 Å². The summed E-state index contributed by atoms with van der Waals surface area (Å²) in [5, 5.41) is 9.71. The lowest BCUT2D eigenvalue weighted by atomic mass is 9.69. The molecule has 0 spiro atoms. The summed E-state index contributed by atoms with van der Waals surface area (Å²) in [6.07, 6.45) is 0.656. The Morgan fingerprint density at radius 1 is 1.06 bits per heavy atom. The number of ether oxygens (including phenoxy) is 3. The van der Waals surface area contributed by atoms with Gasteiger partial charge in [-0.2, -0.15) is 0 Å². The SMILES string of the molecule is CCC(O[C@@H]1OC(C)(C)OO[C@@]1(C(C)CC)C(CC)C(C)C)c1cccc(C(=O)O)c1OC(C)=O. The van der Waals surface area contributed by atoms with E-state index in [1.54, 1.807) is 26.0 Å². The van der Waals surface area contributed by atoms with E-state index in [4.69, 9.17) is 24.0 Å². The van der Waals surface area contributed by atoms with Crippen molar-refractivity contribution >= 4 is 11.9 Å². The number of rotatable bonds is 11. The molecule has 0 aliphatic carbocycles. The summed E-state index contributed by atoms with van der Waals surface area (Å²) in [5.74, 6) is -2.55. The van der Waals surface area contributed by atoms with Gasteiger partial charge in [0.1, 0.15) is 5.56 Å². The average molecular weight is 495 g/mol. The maximum atomic E-state index is 11.9. The lowest BCUT2D eigenvalue weighted by Gasteiger charge is -2.54. The highest BCUT2D eigenvalue weighted by Crippen LogP contribution is 2.49. The smallest absolute Gasteiger partial charge is 0.339 e. The molecule has 1 N–H and O–H groups in total. The van der Waals surface area contributed by atoms with Gasteiger partial charge in [0.25, 0.3) is 0 Å². The molecule has 1 aromatic carbocycles. The highest BCUT2D eigenvalue weighted by atomic mass is 17.3. The van der Waals surface area contributed by atoms with Crippen LogP contribution in [0.1, 0.15) is 104 Å². The Bertz CT molecular complexity index is 880. The van der Waals surface area contributed by atoms with E-state index in [1.165, 1.54) is 13.0 Å². The second-order valence-corrected chi connectivity index (χ2v) is 10.1. The van der Waals surface area contributed by atoms with Crippen LogP contribution >= 0.6 is 0 Å². The average Bonchev–Trinajstić information content (AvgIpc) is 2.78. The van der Waals surface area contributed by atoms with Crippen molar-refractivity contribution in [2.24, 2.45) is 17.8 Å². The summed E-state index contributed by atoms with van der Waals surface area (Å²) < 4.78 is 18.5. The van der Waals surface area contributed by atoms with Gasteiger partial charge in [0.05, 0.1) is 6.10 Å². The normalized spacial score (nSPS) is 24.6. The number of hydrogen-bond acceptors (Lipinski definition) is 7. The van der Waals surface area contributed by atoms with Gasteiger partial charge in [0, 0.05) is 12.5 Å². The van der Waals surface area contributed by atoms with Crippen LogP contribution in [0.25, 0.3) is 0 Å². The number of carbonyl (C=O) groups is 2. The fraction of sp³-hybridized carbons (Fsp3) is 0.704. The minimum absolute atomic E-state index is 0.0170. The maximum absolute atomic E-state index is 11.9. The van der Waals surface area contributed by atoms with Crippen LogP contribution in [0.3, 0.4) is 0 Å². The number of carboxylic acid groups (broad SMARTS) is 1. The molecule has 1 heterocycles. The molecule has 1 saturated heterocycles. The molecule has 5 atom stereocenters. The Labute approximate surface area is 209 Å². The molecule has 0 saturated carbocycles. The van der Waals surface area contributed by atoms with E-state index in [1.807, 2.05) is 6.92 Å². The zero-order valence-electron chi connectivity index (χ0n) is 22.5. The molecule has 0 aromatic heterocycles. The quantitative estimate of drug-likeness (QED) is 0.218. The van der Waals surface area contributed by atoms with Crippen LogP contribution in [-0.4, -0.2) is 34.7 Å². The van der Waals surface area contributed by atoms with Crippen LogP contribution in [0, 0.1) is 17.8 Å². The van der Waals surface area contributed by atoms with Gasteiger partial charge in [-0.1, -0.05) is 60.1 Å². The number of benzene rings is 1. The summed E-state index contributed by atoms with van der Waals surface area (Å²) in [7, 11) is 0. The zero-order chi connectivity index (χ0) is 26.6. The second-order valence-electron chi connectivity index (χ2n) is 10.1. The van der Waals surface area contributed by atoms with Gasteiger partial charge >= 0.3 is 11.9 Å². The van der Waals surface area contributed by atoms with Crippen molar-refractivity contribution in [3.63, 3.8) is 0 Å². The number of aromatic carboxylic acids is 1. The van der Waals surface area contributed by atoms with Crippen LogP contribution in [0.5, 0.6) is 5.75 Å². The molecule has 3 unspecified atom stereocenters. The fourth-order valence-corrected chi connectivity index (χ4v) is 5.04. The van der Waals surface area contributed by atoms with Crippen LogP contribution in [0.4, 0.5) is 0 Å². The molecule has 1 aliphatic rings. The summed E-state index contributed by atoms with van der Waals surface area (Å²) in [6, 6.07) is 4.74. The molecule has 1 fully saturated rings. The van der Waals surface area contributed by atoms with Gasteiger partial charge in [-0.3, -0.25) is 4.79 Å². The lowest BCUT2D eigenvalue weighted by molar-refractivity contribution is -0.563. The number of carboxylic acids is 1. The standard InChI is InChI=1S/C27H42O8/c1-10-17(6)27(21(11-2)16(4)5)25(33-26(8,9)34-35-27)32-22(12-3)19-14-13-15-20(24(29)30)23(19)31-18(7)28/h13-17,21-22,25H,10-12H2,1-9H3,(H,29,30)/t17?,21?,22?,25-,27+/m1/s1. The lowest BCUT2D eigenvalue weighted by Crippen LogP contribution is -2.64. The van der Waals surface area contributed by atoms with Crippen molar-refractivity contribution in [2.45, 2.75) is 105 Å². The first-order valence-electron chi connectivity index (χ1n) is 12.6. The molecule has 35 heavy (non-hydrogen) atoms. The van der Waals surface area contributed by atoms with Gasteiger partial charge in [0.2, 0.25) is 0 Å². The van der Waals surface area contributed by atoms with E-state index in [-0.39, 0.29) is 29.1 Å². The molecular formula is C27H42O8. The molecule has 8 heteroatoms. The van der Waals surface area contributed by atoms with Crippen molar-refractivity contribution in [2.75, 3.05) is 0 Å². The second kappa shape index (κ2) is 11.8. The molecule has 0 bridgehead atoms. The Hall–Kier alpha value is -2.00. The van der Waals surface area contributed by atoms with E-state index in [0.29, 0.717) is 12.0 Å². The number of para-hydroxylation sites is 1. The summed E-state index contributed by atoms with van der Waals surface area (Å²) >= 11 is 0. The number of esters is 1. The van der Waals surface area contributed by atoms with E-state index in [0.717, 1.165) is 12.8 Å². The molecule has 1 aliphatic heterocycles. The Morgan fingerprint density at radius 2 is 1.71 bits per heavy atom. The number of hydrogen-bond donors (Lipinski definition) is 1. The van der Waals surface area contributed by atoms with Crippen LogP contribution in [0.2, 0.25) is 0 Å². The van der Waals surface area contributed by atoms with Gasteiger partial charge in [-0.05, 0) is 50.5 Å². The highest BCUT2D eigenvalue weighted by Gasteiger charge is 2.59. The largest absolute Gasteiger partial charge is 0.478 e. The minimum Gasteiger partial charge on any atom is -0.478 e. The first kappa shape index (κ1) is 29.2. The molecular weight excluding hydrogens is 452 g/mol. The van der Waals surface area contributed by atoms with Gasteiger partial charge in [-0.15, -0.1) is 0 Å². The Kier molecular flexibility index (Phi) is 9.87. The first-order chi connectivity index (χ1) is 16.3. The molecule has 8 nitrogen and oxygen atoms in total. The van der Waals surface area contributed by atoms with Crippen molar-refractivity contribution in [1.29, 1.82) is 0 Å². The topological polar surface area (TPSA) is 101 Å². The van der Waals surface area contributed by atoms with E-state index >= 15 is 0 Å². The molecule has 198 valence electrons. The molecule has 0 amide bonds. The first-order valence-corrected chi connectivity index (χ1v) is 12.6. The third kappa shape index (κ3) is 6.23. The third-order valence-electron chi connectivity index (χ3n) is 6.88.